The van der Waals surface area contributed by atoms with Crippen LogP contribution >= 0.6 is 11.6 Å². The van der Waals surface area contributed by atoms with Crippen molar-refractivity contribution < 1.29 is 18.7 Å². The summed E-state index contributed by atoms with van der Waals surface area (Å²) < 4.78 is 25.0. The van der Waals surface area contributed by atoms with E-state index < -0.39 is 23.0 Å². The third-order valence-corrected chi connectivity index (χ3v) is 1.68. The molecule has 0 aliphatic heterocycles. The lowest BCUT2D eigenvalue weighted by molar-refractivity contribution is -0.119. The summed E-state index contributed by atoms with van der Waals surface area (Å²) in [4.78, 5) is 10.4. The third-order valence-electron chi connectivity index (χ3n) is 1.47. The molecule has 1 atom stereocenters. The number of carbonyl (C=O) groups is 1. The number of aliphatic hydroxyl groups excluding tert-OH is 1. The molecule has 1 rings (SSSR count). The lowest BCUT2D eigenvalue weighted by Crippen LogP contribution is -2.05. The molecule has 70 valence electrons. The zero-order chi connectivity index (χ0) is 10.0. The molecule has 0 heterocycles. The quantitative estimate of drug-likeness (QED) is 0.749. The number of hydrogen-bond donors (Lipinski definition) is 1. The Morgan fingerprint density at radius 3 is 2.46 bits per heavy atom. The van der Waals surface area contributed by atoms with Crippen LogP contribution in [0.5, 0.6) is 0 Å². The number of aliphatic hydroxyl groups is 1. The van der Waals surface area contributed by atoms with E-state index in [1.807, 2.05) is 0 Å². The highest BCUT2D eigenvalue weighted by molar-refractivity contribution is 6.64. The van der Waals surface area contributed by atoms with Gasteiger partial charge in [-0.1, -0.05) is 6.07 Å². The van der Waals surface area contributed by atoms with Gasteiger partial charge in [0.25, 0.3) is 5.24 Å². The Labute approximate surface area is 77.8 Å². The molecule has 5 heteroatoms. The highest BCUT2D eigenvalue weighted by Gasteiger charge is 2.16. The number of hydrogen-bond acceptors (Lipinski definition) is 2. The van der Waals surface area contributed by atoms with Crippen LogP contribution in [0.2, 0.25) is 0 Å². The first-order valence-electron chi connectivity index (χ1n) is 3.34. The SMILES string of the molecule is O=C(Cl)[C@@H](O)c1ccc(F)c(F)c1. The number of benzene rings is 1. The second-order valence-corrected chi connectivity index (χ2v) is 2.75. The first-order valence-corrected chi connectivity index (χ1v) is 3.72. The van der Waals surface area contributed by atoms with Crippen LogP contribution in [-0.4, -0.2) is 10.3 Å². The highest BCUT2D eigenvalue weighted by Crippen LogP contribution is 2.17. The largest absolute Gasteiger partial charge is 0.379 e. The summed E-state index contributed by atoms with van der Waals surface area (Å²) in [5, 5.41) is 8.01. The van der Waals surface area contributed by atoms with E-state index in [4.69, 9.17) is 16.7 Å². The average molecular weight is 207 g/mol. The topological polar surface area (TPSA) is 37.3 Å². The Morgan fingerprint density at radius 2 is 2.00 bits per heavy atom. The van der Waals surface area contributed by atoms with Crippen molar-refractivity contribution in [1.29, 1.82) is 0 Å². The van der Waals surface area contributed by atoms with Crippen LogP contribution in [-0.2, 0) is 4.79 Å². The first-order chi connectivity index (χ1) is 6.02. The number of rotatable bonds is 2. The van der Waals surface area contributed by atoms with Gasteiger partial charge in [-0.2, -0.15) is 0 Å². The van der Waals surface area contributed by atoms with Gasteiger partial charge < -0.3 is 5.11 Å². The predicted octanol–water partition coefficient (Wildman–Crippen LogP) is 1.76. The van der Waals surface area contributed by atoms with Crippen molar-refractivity contribution in [2.45, 2.75) is 6.10 Å². The van der Waals surface area contributed by atoms with Crippen molar-refractivity contribution in [3.63, 3.8) is 0 Å². The van der Waals surface area contributed by atoms with Crippen LogP contribution in [0.1, 0.15) is 11.7 Å². The minimum Gasteiger partial charge on any atom is -0.379 e. The summed E-state index contributed by atoms with van der Waals surface area (Å²) in [6.45, 7) is 0. The monoisotopic (exact) mass is 206 g/mol. The Bertz CT molecular complexity index is 341. The third kappa shape index (κ3) is 2.23. The van der Waals surface area contributed by atoms with Gasteiger partial charge in [0.15, 0.2) is 17.7 Å². The molecule has 0 saturated carbocycles. The van der Waals surface area contributed by atoms with E-state index in [0.717, 1.165) is 18.2 Å². The molecule has 1 aromatic carbocycles. The van der Waals surface area contributed by atoms with E-state index in [9.17, 15) is 13.6 Å². The molecule has 0 fully saturated rings. The lowest BCUT2D eigenvalue weighted by atomic mass is 10.1. The van der Waals surface area contributed by atoms with E-state index in [1.54, 1.807) is 0 Å². The molecular weight excluding hydrogens is 202 g/mol. The van der Waals surface area contributed by atoms with Gasteiger partial charge in [0.2, 0.25) is 0 Å². The zero-order valence-electron chi connectivity index (χ0n) is 6.30. The standard InChI is InChI=1S/C8H5ClF2O2/c9-8(13)7(12)4-1-2-5(10)6(11)3-4/h1-3,7,12H/t7-/m0/s1. The van der Waals surface area contributed by atoms with Crippen LogP contribution in [0.25, 0.3) is 0 Å². The van der Waals surface area contributed by atoms with Crippen molar-refractivity contribution >= 4 is 16.8 Å². The van der Waals surface area contributed by atoms with Gasteiger partial charge in [-0.05, 0) is 29.3 Å². The van der Waals surface area contributed by atoms with Crippen LogP contribution in [0.4, 0.5) is 8.78 Å². The number of carbonyl (C=O) groups excluding carboxylic acids is 1. The molecule has 2 nitrogen and oxygen atoms in total. The average Bonchev–Trinajstić information content (AvgIpc) is 2.08. The fraction of sp³-hybridized carbons (Fsp3) is 0.125. The Kier molecular flexibility index (Phi) is 2.95. The van der Waals surface area contributed by atoms with Crippen molar-refractivity contribution in [1.82, 2.24) is 0 Å². The Balaban J connectivity index is 3.03. The molecule has 0 spiro atoms. The zero-order valence-corrected chi connectivity index (χ0v) is 7.05. The molecular formula is C8H5ClF2O2. The molecule has 0 saturated heterocycles. The maximum atomic E-state index is 12.6. The second-order valence-electron chi connectivity index (χ2n) is 2.38. The van der Waals surface area contributed by atoms with Crippen molar-refractivity contribution in [3.05, 3.63) is 35.4 Å². The Morgan fingerprint density at radius 1 is 1.38 bits per heavy atom. The second kappa shape index (κ2) is 3.81. The van der Waals surface area contributed by atoms with Crippen LogP contribution < -0.4 is 0 Å². The minimum absolute atomic E-state index is 0.0705. The summed E-state index contributed by atoms with van der Waals surface area (Å²) in [5.41, 5.74) is -0.0705. The smallest absolute Gasteiger partial charge is 0.254 e. The fourth-order valence-electron chi connectivity index (χ4n) is 0.813. The van der Waals surface area contributed by atoms with E-state index in [2.05, 4.69) is 0 Å². The predicted molar refractivity (Wildman–Crippen MR) is 42.2 cm³/mol. The molecule has 0 radical (unpaired) electrons. The maximum Gasteiger partial charge on any atom is 0.254 e. The minimum atomic E-state index is -1.61. The van der Waals surface area contributed by atoms with Gasteiger partial charge in [-0.3, -0.25) is 4.79 Å². The van der Waals surface area contributed by atoms with Gasteiger partial charge >= 0.3 is 0 Å². The molecule has 0 aliphatic rings. The van der Waals surface area contributed by atoms with Gasteiger partial charge in [0.05, 0.1) is 0 Å². The molecule has 0 unspecified atom stereocenters. The summed E-state index contributed by atoms with van der Waals surface area (Å²) in [5.74, 6) is -2.17. The highest BCUT2D eigenvalue weighted by atomic mass is 35.5. The molecule has 1 N–H and O–H groups in total. The molecule has 0 aliphatic carbocycles. The van der Waals surface area contributed by atoms with E-state index >= 15 is 0 Å². The van der Waals surface area contributed by atoms with Gasteiger partial charge in [-0.15, -0.1) is 0 Å². The van der Waals surface area contributed by atoms with Crippen LogP contribution in [0.3, 0.4) is 0 Å². The molecule has 0 amide bonds. The summed E-state index contributed by atoms with van der Waals surface area (Å²) in [6, 6.07) is 2.62. The molecule has 0 bridgehead atoms. The van der Waals surface area contributed by atoms with E-state index in [-0.39, 0.29) is 5.56 Å². The lowest BCUT2D eigenvalue weighted by Gasteiger charge is -2.05. The van der Waals surface area contributed by atoms with E-state index in [0.29, 0.717) is 0 Å². The van der Waals surface area contributed by atoms with Crippen molar-refractivity contribution in [2.75, 3.05) is 0 Å². The van der Waals surface area contributed by atoms with Crippen LogP contribution in [0.15, 0.2) is 18.2 Å². The van der Waals surface area contributed by atoms with Crippen LogP contribution in [0, 0.1) is 11.6 Å². The molecule has 1 aromatic rings. The molecule has 13 heavy (non-hydrogen) atoms. The summed E-state index contributed by atoms with van der Waals surface area (Å²) in [7, 11) is 0. The van der Waals surface area contributed by atoms with Gasteiger partial charge in [0.1, 0.15) is 0 Å². The van der Waals surface area contributed by atoms with Crippen molar-refractivity contribution in [2.24, 2.45) is 0 Å². The van der Waals surface area contributed by atoms with Gasteiger partial charge in [0, 0.05) is 0 Å². The van der Waals surface area contributed by atoms with Gasteiger partial charge in [-0.25, -0.2) is 8.78 Å². The van der Waals surface area contributed by atoms with E-state index in [1.165, 1.54) is 0 Å². The van der Waals surface area contributed by atoms with Crippen molar-refractivity contribution in [3.8, 4) is 0 Å². The summed E-state index contributed by atoms with van der Waals surface area (Å²) >= 11 is 4.95. The fourth-order valence-corrected chi connectivity index (χ4v) is 0.939. The number of halogens is 3. The molecule has 0 aromatic heterocycles. The first kappa shape index (κ1) is 10.1. The Hall–Kier alpha value is -1.00. The summed E-state index contributed by atoms with van der Waals surface area (Å²) in [6.07, 6.45) is -1.61. The normalized spacial score (nSPS) is 12.6. The maximum absolute atomic E-state index is 12.6.